The summed E-state index contributed by atoms with van der Waals surface area (Å²) in [7, 11) is 0. The van der Waals surface area contributed by atoms with Crippen molar-refractivity contribution in [2.45, 2.75) is 0 Å². The normalized spacial score (nSPS) is 10.4. The molecule has 1 aromatic heterocycles. The maximum atomic E-state index is 13.6. The molecule has 2 aromatic rings. The highest BCUT2D eigenvalue weighted by atomic mass is 35.5. The first kappa shape index (κ1) is 10.7. The summed E-state index contributed by atoms with van der Waals surface area (Å²) in [5.41, 5.74) is 0.0126. The van der Waals surface area contributed by atoms with E-state index in [0.29, 0.717) is 0 Å². The highest BCUT2D eigenvalue weighted by Gasteiger charge is 2.15. The van der Waals surface area contributed by atoms with Gasteiger partial charge in [0.15, 0.2) is 0 Å². The van der Waals surface area contributed by atoms with Crippen LogP contribution in [-0.2, 0) is 0 Å². The Morgan fingerprint density at radius 2 is 2.06 bits per heavy atom. The number of hydrogen-bond acceptors (Lipinski definition) is 1. The molecule has 0 amide bonds. The molecular weight excluding hydrogens is 233 g/mol. The van der Waals surface area contributed by atoms with Gasteiger partial charge in [0.2, 0.25) is 0 Å². The van der Waals surface area contributed by atoms with Gasteiger partial charge in [-0.25, -0.2) is 9.18 Å². The second-order valence-corrected chi connectivity index (χ2v) is 3.55. The molecule has 1 heterocycles. The van der Waals surface area contributed by atoms with E-state index in [2.05, 4.69) is 0 Å². The maximum Gasteiger partial charge on any atom is 0.352 e. The van der Waals surface area contributed by atoms with Gasteiger partial charge >= 0.3 is 5.97 Å². The van der Waals surface area contributed by atoms with E-state index in [9.17, 15) is 9.18 Å². The van der Waals surface area contributed by atoms with E-state index < -0.39 is 11.8 Å². The van der Waals surface area contributed by atoms with Gasteiger partial charge in [0.1, 0.15) is 17.2 Å². The molecule has 0 aliphatic carbocycles. The Labute approximate surface area is 95.7 Å². The molecule has 0 unspecified atom stereocenters. The molecule has 0 fully saturated rings. The Hall–Kier alpha value is -1.81. The van der Waals surface area contributed by atoms with Crippen LogP contribution in [0.5, 0.6) is 0 Å². The van der Waals surface area contributed by atoms with Gasteiger partial charge < -0.3 is 9.67 Å². The standard InChI is InChI=1S/C11H7ClFNO2/c12-7-3-1-4-8(13)10(7)14-6-2-5-9(14)11(15)16/h1-6H,(H,15,16). The minimum absolute atomic E-state index is 0.0352. The summed E-state index contributed by atoms with van der Waals surface area (Å²) in [6.07, 6.45) is 1.45. The van der Waals surface area contributed by atoms with Crippen LogP contribution in [0.3, 0.4) is 0 Å². The predicted molar refractivity (Wildman–Crippen MR) is 57.7 cm³/mol. The second-order valence-electron chi connectivity index (χ2n) is 3.14. The topological polar surface area (TPSA) is 42.2 Å². The van der Waals surface area contributed by atoms with Crippen LogP contribution in [-0.4, -0.2) is 15.6 Å². The van der Waals surface area contributed by atoms with Crippen molar-refractivity contribution in [1.29, 1.82) is 0 Å². The average Bonchev–Trinajstić information content (AvgIpc) is 2.66. The fourth-order valence-corrected chi connectivity index (χ4v) is 1.72. The first-order chi connectivity index (χ1) is 7.61. The van der Waals surface area contributed by atoms with E-state index in [4.69, 9.17) is 16.7 Å². The van der Waals surface area contributed by atoms with Crippen molar-refractivity contribution in [2.75, 3.05) is 0 Å². The first-order valence-electron chi connectivity index (χ1n) is 4.46. The molecular formula is C11H7ClFNO2. The van der Waals surface area contributed by atoms with Crippen LogP contribution in [0.2, 0.25) is 5.02 Å². The van der Waals surface area contributed by atoms with Crippen LogP contribution >= 0.6 is 11.6 Å². The smallest absolute Gasteiger partial charge is 0.352 e. The van der Waals surface area contributed by atoms with Gasteiger partial charge in [-0.05, 0) is 24.3 Å². The van der Waals surface area contributed by atoms with E-state index >= 15 is 0 Å². The Balaban J connectivity index is 2.68. The van der Waals surface area contributed by atoms with Gasteiger partial charge in [-0.2, -0.15) is 0 Å². The summed E-state index contributed by atoms with van der Waals surface area (Å²) in [5, 5.41) is 9.08. The number of benzene rings is 1. The summed E-state index contributed by atoms with van der Waals surface area (Å²) < 4.78 is 14.8. The van der Waals surface area contributed by atoms with E-state index in [0.717, 1.165) is 0 Å². The molecule has 1 N–H and O–H groups in total. The number of hydrogen-bond donors (Lipinski definition) is 1. The molecule has 1 aromatic carbocycles. The number of aromatic carboxylic acids is 1. The molecule has 3 nitrogen and oxygen atoms in total. The SMILES string of the molecule is O=C(O)c1cccn1-c1c(F)cccc1Cl. The van der Waals surface area contributed by atoms with Gasteiger partial charge in [-0.3, -0.25) is 0 Å². The second kappa shape index (κ2) is 3.98. The molecule has 0 aliphatic rings. The summed E-state index contributed by atoms with van der Waals surface area (Å²) in [6, 6.07) is 7.10. The molecule has 16 heavy (non-hydrogen) atoms. The van der Waals surface area contributed by atoms with Gasteiger partial charge in [-0.15, -0.1) is 0 Å². The zero-order chi connectivity index (χ0) is 11.7. The Kier molecular flexibility index (Phi) is 2.66. The summed E-state index contributed by atoms with van der Waals surface area (Å²) in [6.45, 7) is 0. The van der Waals surface area contributed by atoms with Crippen LogP contribution in [0, 0.1) is 5.82 Å². The third kappa shape index (κ3) is 1.67. The number of carboxylic acids is 1. The number of carboxylic acid groups (broad SMARTS) is 1. The molecule has 0 saturated heterocycles. The van der Waals surface area contributed by atoms with Gasteiger partial charge in [0.05, 0.1) is 5.02 Å². The molecule has 82 valence electrons. The van der Waals surface area contributed by atoms with E-state index in [-0.39, 0.29) is 16.4 Å². The van der Waals surface area contributed by atoms with Crippen LogP contribution < -0.4 is 0 Å². The summed E-state index contributed by atoms with van der Waals surface area (Å²) >= 11 is 5.84. The zero-order valence-corrected chi connectivity index (χ0v) is 8.78. The zero-order valence-electron chi connectivity index (χ0n) is 8.02. The van der Waals surface area contributed by atoms with E-state index in [1.54, 1.807) is 0 Å². The van der Waals surface area contributed by atoms with Crippen molar-refractivity contribution in [3.05, 3.63) is 53.1 Å². The lowest BCUT2D eigenvalue weighted by atomic mass is 10.3. The molecule has 0 atom stereocenters. The Bertz CT molecular complexity index is 530. The Morgan fingerprint density at radius 1 is 1.31 bits per heavy atom. The molecule has 5 heteroatoms. The maximum absolute atomic E-state index is 13.6. The van der Waals surface area contributed by atoms with Gasteiger partial charge in [0.25, 0.3) is 0 Å². The Morgan fingerprint density at radius 3 is 2.69 bits per heavy atom. The van der Waals surface area contributed by atoms with Crippen molar-refractivity contribution < 1.29 is 14.3 Å². The third-order valence-corrected chi connectivity index (χ3v) is 2.45. The minimum Gasteiger partial charge on any atom is -0.477 e. The van der Waals surface area contributed by atoms with Crippen LogP contribution in [0.25, 0.3) is 5.69 Å². The summed E-state index contributed by atoms with van der Waals surface area (Å²) in [4.78, 5) is 10.9. The van der Waals surface area contributed by atoms with Crippen LogP contribution in [0.1, 0.15) is 10.5 Å². The number of aromatic nitrogens is 1. The average molecular weight is 240 g/mol. The highest BCUT2D eigenvalue weighted by Crippen LogP contribution is 2.25. The van der Waals surface area contributed by atoms with Crippen molar-refractivity contribution in [3.8, 4) is 5.69 Å². The molecule has 0 bridgehead atoms. The lowest BCUT2D eigenvalue weighted by molar-refractivity contribution is 0.0688. The minimum atomic E-state index is -1.13. The van der Waals surface area contributed by atoms with Crippen molar-refractivity contribution in [2.24, 2.45) is 0 Å². The van der Waals surface area contributed by atoms with E-state index in [1.807, 2.05) is 0 Å². The molecule has 0 aliphatic heterocycles. The molecule has 0 saturated carbocycles. The number of rotatable bonds is 2. The lowest BCUT2D eigenvalue weighted by Gasteiger charge is -2.09. The molecule has 0 spiro atoms. The van der Waals surface area contributed by atoms with Crippen LogP contribution in [0.4, 0.5) is 4.39 Å². The largest absolute Gasteiger partial charge is 0.477 e. The van der Waals surface area contributed by atoms with Gasteiger partial charge in [0, 0.05) is 6.20 Å². The number of nitrogens with zero attached hydrogens (tertiary/aromatic N) is 1. The van der Waals surface area contributed by atoms with Crippen molar-refractivity contribution in [3.63, 3.8) is 0 Å². The number of carbonyl (C=O) groups is 1. The third-order valence-electron chi connectivity index (χ3n) is 2.15. The fraction of sp³-hybridized carbons (Fsp3) is 0. The quantitative estimate of drug-likeness (QED) is 0.876. The number of halogens is 2. The first-order valence-corrected chi connectivity index (χ1v) is 4.84. The van der Waals surface area contributed by atoms with Crippen LogP contribution in [0.15, 0.2) is 36.5 Å². The highest BCUT2D eigenvalue weighted by molar-refractivity contribution is 6.32. The van der Waals surface area contributed by atoms with Gasteiger partial charge in [-0.1, -0.05) is 17.7 Å². The van der Waals surface area contributed by atoms with Crippen molar-refractivity contribution in [1.82, 2.24) is 4.57 Å². The molecule has 2 rings (SSSR count). The van der Waals surface area contributed by atoms with E-state index in [1.165, 1.54) is 41.1 Å². The van der Waals surface area contributed by atoms with Crippen molar-refractivity contribution >= 4 is 17.6 Å². The fourth-order valence-electron chi connectivity index (χ4n) is 1.47. The predicted octanol–water partition coefficient (Wildman–Crippen LogP) is 2.97. The number of para-hydroxylation sites is 1. The monoisotopic (exact) mass is 239 g/mol. The summed E-state index contributed by atoms with van der Waals surface area (Å²) in [5.74, 6) is -1.70. The molecule has 0 radical (unpaired) electrons. The lowest BCUT2D eigenvalue weighted by Crippen LogP contribution is -2.07.